The van der Waals surface area contributed by atoms with Crippen molar-refractivity contribution in [2.75, 3.05) is 0 Å². The summed E-state index contributed by atoms with van der Waals surface area (Å²) in [6.45, 7) is 12.3. The third-order valence-electron chi connectivity index (χ3n) is 10.1. The normalized spacial score (nSPS) is 48.8. The third kappa shape index (κ3) is 2.95. The summed E-state index contributed by atoms with van der Waals surface area (Å²) in [7, 11) is 0. The average Bonchev–Trinajstić information content (AvgIpc) is 3.40. The number of fused-ring (bicyclic) bond motifs is 7. The minimum Gasteiger partial charge on any atom is -0.390 e. The highest BCUT2D eigenvalue weighted by atomic mass is 16.6. The van der Waals surface area contributed by atoms with Crippen LogP contribution in [0.5, 0.6) is 0 Å². The van der Waals surface area contributed by atoms with Crippen LogP contribution in [0, 0.1) is 40.4 Å². The summed E-state index contributed by atoms with van der Waals surface area (Å²) in [5, 5.41) is 10.4. The lowest BCUT2D eigenvalue weighted by Crippen LogP contribution is -2.49. The van der Waals surface area contributed by atoms with Gasteiger partial charge in [-0.25, -0.2) is 0 Å². The van der Waals surface area contributed by atoms with Gasteiger partial charge in [0.05, 0.1) is 12.2 Å². The smallest absolute Gasteiger partial charge is 0.111 e. The quantitative estimate of drug-likeness (QED) is 0.552. The first-order chi connectivity index (χ1) is 13.8. The molecule has 4 aliphatic carbocycles. The van der Waals surface area contributed by atoms with Crippen LogP contribution >= 0.6 is 0 Å². The number of hydrogen-bond donors (Lipinski definition) is 1. The van der Waals surface area contributed by atoms with Gasteiger partial charge in [0, 0.05) is 5.41 Å². The Kier molecular flexibility index (Phi) is 4.87. The molecule has 0 radical (unpaired) electrons. The van der Waals surface area contributed by atoms with E-state index in [9.17, 15) is 5.11 Å². The zero-order valence-corrected chi connectivity index (χ0v) is 19.3. The molecule has 29 heavy (non-hydrogen) atoms. The second kappa shape index (κ2) is 6.95. The largest absolute Gasteiger partial charge is 0.390 e. The van der Waals surface area contributed by atoms with Gasteiger partial charge in [-0.3, -0.25) is 0 Å². The van der Waals surface area contributed by atoms with Crippen molar-refractivity contribution in [1.29, 1.82) is 0 Å². The van der Waals surface area contributed by atoms with Crippen molar-refractivity contribution in [2.24, 2.45) is 40.4 Å². The summed E-state index contributed by atoms with van der Waals surface area (Å²) in [4.78, 5) is 0. The molecule has 0 aromatic carbocycles. The Balaban J connectivity index is 1.37. The monoisotopic (exact) mass is 398 g/mol. The van der Waals surface area contributed by atoms with Gasteiger partial charge in [0.2, 0.25) is 0 Å². The van der Waals surface area contributed by atoms with Gasteiger partial charge in [-0.1, -0.05) is 77.2 Å². The fraction of sp³-hybridized carbons (Fsp3) is 0.852. The first-order valence-electron chi connectivity index (χ1n) is 12.5. The number of allylic oxidation sites excluding steroid dienone is 3. The van der Waals surface area contributed by atoms with Gasteiger partial charge < -0.3 is 9.84 Å². The summed E-state index contributed by atoms with van der Waals surface area (Å²) in [5.41, 5.74) is 3.82. The van der Waals surface area contributed by atoms with Crippen molar-refractivity contribution >= 4 is 0 Å². The maximum atomic E-state index is 10.4. The van der Waals surface area contributed by atoms with Crippen LogP contribution < -0.4 is 0 Å². The second-order valence-electron chi connectivity index (χ2n) is 12.1. The lowest BCUT2D eigenvalue weighted by Gasteiger charge is -2.54. The zero-order valence-electron chi connectivity index (χ0n) is 19.3. The predicted molar refractivity (Wildman–Crippen MR) is 118 cm³/mol. The molecule has 0 aromatic rings. The van der Waals surface area contributed by atoms with Crippen LogP contribution in [0.15, 0.2) is 23.3 Å². The predicted octanol–water partition coefficient (Wildman–Crippen LogP) is 6.30. The maximum absolute atomic E-state index is 10.4. The number of aliphatic hydroxyl groups is 1. The first-order valence-corrected chi connectivity index (χ1v) is 12.5. The van der Waals surface area contributed by atoms with Crippen molar-refractivity contribution in [1.82, 2.24) is 0 Å². The highest BCUT2D eigenvalue weighted by Crippen LogP contribution is 2.68. The Bertz CT molecular complexity index is 720. The standard InChI is InChI=1S/C27H42O2/c1-16(2)7-6-8-17(3)20-11-12-21-19-10-9-18-15-23(28)24-25(29-24)27(18,5)22(19)13-14-26(20,21)4/h9-10,16-17,20-25,28H,6-8,11-15H2,1-5H3/t17?,20?,21?,22?,23?,24?,25?,26-,27+/m1/s1. The molecule has 1 saturated heterocycles. The Labute approximate surface area is 178 Å². The number of rotatable bonds is 5. The SMILES string of the molecule is CC(C)CCCC(C)C1CCC2C3=CC=C4CC(O)C5OC5[C@]4(C)C3CC[C@@]21C. The lowest BCUT2D eigenvalue weighted by molar-refractivity contribution is 0.0406. The summed E-state index contributed by atoms with van der Waals surface area (Å²) < 4.78 is 6.05. The van der Waals surface area contributed by atoms with E-state index in [1.54, 1.807) is 5.57 Å². The van der Waals surface area contributed by atoms with E-state index < -0.39 is 0 Å². The Morgan fingerprint density at radius 3 is 2.62 bits per heavy atom. The van der Waals surface area contributed by atoms with Crippen LogP contribution in [-0.2, 0) is 4.74 Å². The third-order valence-corrected chi connectivity index (χ3v) is 10.1. The summed E-state index contributed by atoms with van der Waals surface area (Å²) in [5.74, 6) is 3.97. The molecule has 1 aliphatic heterocycles. The number of aliphatic hydroxyl groups excluding tert-OH is 1. The van der Waals surface area contributed by atoms with E-state index in [0.29, 0.717) is 11.3 Å². The molecule has 0 spiro atoms. The average molecular weight is 399 g/mol. The van der Waals surface area contributed by atoms with Crippen LogP contribution in [0.25, 0.3) is 0 Å². The minimum absolute atomic E-state index is 0.0992. The Hall–Kier alpha value is -0.600. The molecule has 9 atom stereocenters. The molecular weight excluding hydrogens is 356 g/mol. The second-order valence-corrected chi connectivity index (χ2v) is 12.1. The van der Waals surface area contributed by atoms with Gasteiger partial charge in [0.25, 0.3) is 0 Å². The van der Waals surface area contributed by atoms with Gasteiger partial charge in [-0.05, 0) is 67.1 Å². The molecule has 0 bridgehead atoms. The highest BCUT2D eigenvalue weighted by molar-refractivity contribution is 5.42. The fourth-order valence-electron chi connectivity index (χ4n) is 8.41. The summed E-state index contributed by atoms with van der Waals surface area (Å²) >= 11 is 0. The van der Waals surface area contributed by atoms with E-state index in [1.807, 2.05) is 0 Å². The molecule has 3 saturated carbocycles. The van der Waals surface area contributed by atoms with Crippen LogP contribution in [0.4, 0.5) is 0 Å². The molecule has 1 heterocycles. The Morgan fingerprint density at radius 2 is 1.86 bits per heavy atom. The molecule has 1 N–H and O–H groups in total. The van der Waals surface area contributed by atoms with Crippen LogP contribution in [-0.4, -0.2) is 23.4 Å². The van der Waals surface area contributed by atoms with Crippen molar-refractivity contribution in [3.8, 4) is 0 Å². The van der Waals surface area contributed by atoms with Gasteiger partial charge in [0.15, 0.2) is 0 Å². The molecule has 5 aliphatic rings. The van der Waals surface area contributed by atoms with Crippen molar-refractivity contribution in [3.05, 3.63) is 23.3 Å². The van der Waals surface area contributed by atoms with Crippen LogP contribution in [0.1, 0.15) is 86.0 Å². The molecule has 162 valence electrons. The molecule has 7 unspecified atom stereocenters. The Morgan fingerprint density at radius 1 is 1.07 bits per heavy atom. The van der Waals surface area contributed by atoms with E-state index in [2.05, 4.69) is 46.8 Å². The van der Waals surface area contributed by atoms with Crippen molar-refractivity contribution < 1.29 is 9.84 Å². The van der Waals surface area contributed by atoms with Crippen LogP contribution in [0.2, 0.25) is 0 Å². The summed E-state index contributed by atoms with van der Waals surface area (Å²) in [6, 6.07) is 0. The number of ether oxygens (including phenoxy) is 1. The molecule has 2 heteroatoms. The number of hydrogen-bond acceptors (Lipinski definition) is 2. The fourth-order valence-corrected chi connectivity index (χ4v) is 8.41. The van der Waals surface area contributed by atoms with Gasteiger partial charge in [-0.15, -0.1) is 0 Å². The molecule has 4 fully saturated rings. The topological polar surface area (TPSA) is 32.8 Å². The molecule has 0 amide bonds. The van der Waals surface area contributed by atoms with Gasteiger partial charge in [0.1, 0.15) is 6.10 Å². The first kappa shape index (κ1) is 20.3. The van der Waals surface area contributed by atoms with Crippen molar-refractivity contribution in [2.45, 2.75) is 104 Å². The number of epoxide rings is 1. The molecule has 2 nitrogen and oxygen atoms in total. The van der Waals surface area contributed by atoms with E-state index in [1.165, 1.54) is 50.5 Å². The van der Waals surface area contributed by atoms with Gasteiger partial charge in [-0.2, -0.15) is 0 Å². The lowest BCUT2D eigenvalue weighted by atomic mass is 9.50. The highest BCUT2D eigenvalue weighted by Gasteiger charge is 2.66. The zero-order chi connectivity index (χ0) is 20.6. The van der Waals surface area contributed by atoms with E-state index >= 15 is 0 Å². The molecular formula is C27H42O2. The minimum atomic E-state index is -0.286. The van der Waals surface area contributed by atoms with Crippen molar-refractivity contribution in [3.63, 3.8) is 0 Å². The van der Waals surface area contributed by atoms with E-state index in [-0.39, 0.29) is 23.7 Å². The molecule has 5 rings (SSSR count). The van der Waals surface area contributed by atoms with Crippen LogP contribution in [0.3, 0.4) is 0 Å². The van der Waals surface area contributed by atoms with E-state index in [4.69, 9.17) is 4.74 Å². The maximum Gasteiger partial charge on any atom is 0.111 e. The van der Waals surface area contributed by atoms with E-state index in [0.717, 1.165) is 30.1 Å². The summed E-state index contributed by atoms with van der Waals surface area (Å²) in [6.07, 6.45) is 15.4. The van der Waals surface area contributed by atoms with Gasteiger partial charge >= 0.3 is 0 Å². The molecule has 0 aromatic heterocycles.